The summed E-state index contributed by atoms with van der Waals surface area (Å²) >= 11 is 1.68. The third-order valence-corrected chi connectivity index (χ3v) is 3.89. The summed E-state index contributed by atoms with van der Waals surface area (Å²) < 4.78 is 11.1. The van der Waals surface area contributed by atoms with E-state index in [4.69, 9.17) is 15.2 Å². The number of nitrogens with two attached hydrogens (primary N) is 1. The number of thiophene rings is 1. The van der Waals surface area contributed by atoms with Crippen LogP contribution >= 0.6 is 11.3 Å². The Kier molecular flexibility index (Phi) is 5.69. The normalized spacial score (nSPS) is 16.3. The second-order valence-corrected chi connectivity index (χ2v) is 5.51. The molecule has 98 valence electrons. The highest BCUT2D eigenvalue weighted by Crippen LogP contribution is 2.19. The summed E-state index contributed by atoms with van der Waals surface area (Å²) in [5, 5.41) is 0. The van der Waals surface area contributed by atoms with Crippen LogP contribution in [-0.2, 0) is 16.1 Å². The molecule has 0 unspecified atom stereocenters. The Balaban J connectivity index is 1.71. The molecular weight excluding hydrogens is 246 g/mol. The van der Waals surface area contributed by atoms with Gasteiger partial charge in [0.2, 0.25) is 0 Å². The maximum Gasteiger partial charge on any atom is 0.0809 e. The van der Waals surface area contributed by atoms with E-state index >= 15 is 0 Å². The van der Waals surface area contributed by atoms with Gasteiger partial charge in [-0.3, -0.25) is 0 Å². The smallest absolute Gasteiger partial charge is 0.0809 e. The van der Waals surface area contributed by atoms with Crippen LogP contribution < -0.4 is 5.73 Å². The maximum atomic E-state index is 5.76. The SMILES string of the molecule is NCC#Cc1ccc(COCC2CCOCC2)s1. The van der Waals surface area contributed by atoms with Crippen molar-refractivity contribution in [2.75, 3.05) is 26.4 Å². The van der Waals surface area contributed by atoms with E-state index in [1.165, 1.54) is 4.88 Å². The first-order valence-corrected chi connectivity index (χ1v) is 7.13. The minimum atomic E-state index is 0.410. The molecule has 0 aromatic carbocycles. The Hall–Kier alpha value is -0.860. The van der Waals surface area contributed by atoms with Gasteiger partial charge in [-0.25, -0.2) is 0 Å². The van der Waals surface area contributed by atoms with Gasteiger partial charge < -0.3 is 15.2 Å². The molecule has 18 heavy (non-hydrogen) atoms. The fourth-order valence-corrected chi connectivity index (χ4v) is 2.72. The zero-order valence-corrected chi connectivity index (χ0v) is 11.3. The fraction of sp³-hybridized carbons (Fsp3) is 0.571. The Morgan fingerprint density at radius 2 is 2.22 bits per heavy atom. The molecular formula is C14H19NO2S. The third kappa shape index (κ3) is 4.43. The molecule has 2 heterocycles. The van der Waals surface area contributed by atoms with Crippen molar-refractivity contribution < 1.29 is 9.47 Å². The summed E-state index contributed by atoms with van der Waals surface area (Å²) in [5.74, 6) is 6.56. The van der Waals surface area contributed by atoms with Crippen LogP contribution in [0, 0.1) is 17.8 Å². The van der Waals surface area contributed by atoms with Crippen LogP contribution in [0.15, 0.2) is 12.1 Å². The van der Waals surface area contributed by atoms with E-state index in [-0.39, 0.29) is 0 Å². The second kappa shape index (κ2) is 7.55. The van der Waals surface area contributed by atoms with Crippen molar-refractivity contribution >= 4 is 11.3 Å². The number of ether oxygens (including phenoxy) is 2. The van der Waals surface area contributed by atoms with Crippen molar-refractivity contribution in [2.24, 2.45) is 11.7 Å². The molecule has 0 saturated carbocycles. The van der Waals surface area contributed by atoms with Gasteiger partial charge in [-0.05, 0) is 30.9 Å². The molecule has 0 radical (unpaired) electrons. The van der Waals surface area contributed by atoms with E-state index < -0.39 is 0 Å². The lowest BCUT2D eigenvalue weighted by atomic mass is 10.0. The lowest BCUT2D eigenvalue weighted by Crippen LogP contribution is -2.19. The molecule has 1 aliphatic rings. The molecule has 1 saturated heterocycles. The van der Waals surface area contributed by atoms with Gasteiger partial charge in [0.1, 0.15) is 0 Å². The van der Waals surface area contributed by atoms with Gasteiger partial charge in [0.15, 0.2) is 0 Å². The van der Waals surface area contributed by atoms with E-state index in [0.29, 0.717) is 19.1 Å². The summed E-state index contributed by atoms with van der Waals surface area (Å²) in [4.78, 5) is 2.29. The zero-order valence-electron chi connectivity index (χ0n) is 10.5. The summed E-state index contributed by atoms with van der Waals surface area (Å²) in [6.45, 7) is 3.70. The molecule has 0 amide bonds. The van der Waals surface area contributed by atoms with Crippen molar-refractivity contribution in [3.63, 3.8) is 0 Å². The van der Waals surface area contributed by atoms with Crippen molar-refractivity contribution in [3.05, 3.63) is 21.9 Å². The number of hydrogen-bond acceptors (Lipinski definition) is 4. The highest BCUT2D eigenvalue weighted by atomic mass is 32.1. The summed E-state index contributed by atoms with van der Waals surface area (Å²) in [5.41, 5.74) is 5.34. The van der Waals surface area contributed by atoms with Crippen LogP contribution in [0.2, 0.25) is 0 Å². The molecule has 1 aromatic rings. The molecule has 1 aliphatic heterocycles. The van der Waals surface area contributed by atoms with Gasteiger partial charge >= 0.3 is 0 Å². The van der Waals surface area contributed by atoms with Crippen molar-refractivity contribution in [1.29, 1.82) is 0 Å². The number of hydrogen-bond donors (Lipinski definition) is 1. The lowest BCUT2D eigenvalue weighted by Gasteiger charge is -2.21. The predicted molar refractivity (Wildman–Crippen MR) is 73.5 cm³/mol. The molecule has 0 aliphatic carbocycles. The van der Waals surface area contributed by atoms with Gasteiger partial charge in [0, 0.05) is 18.1 Å². The van der Waals surface area contributed by atoms with E-state index in [0.717, 1.165) is 37.5 Å². The molecule has 2 rings (SSSR count). The van der Waals surface area contributed by atoms with Crippen molar-refractivity contribution in [2.45, 2.75) is 19.4 Å². The third-order valence-electron chi connectivity index (χ3n) is 2.91. The Labute approximate surface area is 112 Å². The monoisotopic (exact) mass is 265 g/mol. The average molecular weight is 265 g/mol. The zero-order chi connectivity index (χ0) is 12.6. The second-order valence-electron chi connectivity index (χ2n) is 4.34. The lowest BCUT2D eigenvalue weighted by molar-refractivity contribution is 0.0163. The largest absolute Gasteiger partial charge is 0.381 e. The molecule has 1 fully saturated rings. The highest BCUT2D eigenvalue weighted by molar-refractivity contribution is 7.12. The van der Waals surface area contributed by atoms with E-state index in [1.807, 2.05) is 6.07 Å². The van der Waals surface area contributed by atoms with Gasteiger partial charge in [0.05, 0.1) is 24.6 Å². The molecule has 2 N–H and O–H groups in total. The Morgan fingerprint density at radius 1 is 1.39 bits per heavy atom. The first kappa shape index (κ1) is 13.6. The van der Waals surface area contributed by atoms with Crippen LogP contribution in [0.1, 0.15) is 22.6 Å². The molecule has 0 bridgehead atoms. The Bertz CT molecular complexity index is 413. The van der Waals surface area contributed by atoms with E-state index in [1.54, 1.807) is 11.3 Å². The van der Waals surface area contributed by atoms with Crippen LogP contribution in [0.3, 0.4) is 0 Å². The minimum Gasteiger partial charge on any atom is -0.381 e. The van der Waals surface area contributed by atoms with Crippen LogP contribution in [-0.4, -0.2) is 26.4 Å². The van der Waals surface area contributed by atoms with Gasteiger partial charge in [0.25, 0.3) is 0 Å². The van der Waals surface area contributed by atoms with Gasteiger partial charge in [-0.2, -0.15) is 0 Å². The van der Waals surface area contributed by atoms with Gasteiger partial charge in [-0.1, -0.05) is 11.8 Å². The maximum absolute atomic E-state index is 5.76. The van der Waals surface area contributed by atoms with Crippen molar-refractivity contribution in [3.8, 4) is 11.8 Å². The topological polar surface area (TPSA) is 44.5 Å². The van der Waals surface area contributed by atoms with E-state index in [2.05, 4.69) is 17.9 Å². The summed E-state index contributed by atoms with van der Waals surface area (Å²) in [6.07, 6.45) is 2.25. The molecule has 1 aromatic heterocycles. The Morgan fingerprint density at radius 3 is 3.00 bits per heavy atom. The van der Waals surface area contributed by atoms with Crippen molar-refractivity contribution in [1.82, 2.24) is 0 Å². The standard InChI is InChI=1S/C14H19NO2S/c15-7-1-2-13-3-4-14(18-13)11-17-10-12-5-8-16-9-6-12/h3-4,12H,5-11,15H2. The predicted octanol–water partition coefficient (Wildman–Crippen LogP) is 2.00. The van der Waals surface area contributed by atoms with Crippen LogP contribution in [0.4, 0.5) is 0 Å². The summed E-state index contributed by atoms with van der Waals surface area (Å²) in [7, 11) is 0. The van der Waals surface area contributed by atoms with Gasteiger partial charge in [-0.15, -0.1) is 11.3 Å². The highest BCUT2D eigenvalue weighted by Gasteiger charge is 2.13. The first-order valence-electron chi connectivity index (χ1n) is 6.31. The molecule has 3 nitrogen and oxygen atoms in total. The quantitative estimate of drug-likeness (QED) is 0.847. The van der Waals surface area contributed by atoms with E-state index in [9.17, 15) is 0 Å². The van der Waals surface area contributed by atoms with Crippen LogP contribution in [0.5, 0.6) is 0 Å². The average Bonchev–Trinajstić information content (AvgIpc) is 2.85. The minimum absolute atomic E-state index is 0.410. The first-order chi connectivity index (χ1) is 8.88. The van der Waals surface area contributed by atoms with Crippen LogP contribution in [0.25, 0.3) is 0 Å². The number of rotatable bonds is 4. The molecule has 4 heteroatoms. The summed E-state index contributed by atoms with van der Waals surface area (Å²) in [6, 6.07) is 4.11. The fourth-order valence-electron chi connectivity index (χ4n) is 1.90. The molecule has 0 spiro atoms. The molecule has 0 atom stereocenters.